The fourth-order valence-corrected chi connectivity index (χ4v) is 1.86. The number of hydrogen-bond acceptors (Lipinski definition) is 3. The smallest absolute Gasteiger partial charge is 0.105 e. The van der Waals surface area contributed by atoms with Crippen molar-refractivity contribution in [3.05, 3.63) is 17.7 Å². The van der Waals surface area contributed by atoms with Gasteiger partial charge in [0, 0.05) is 25.9 Å². The van der Waals surface area contributed by atoms with Gasteiger partial charge in [0.25, 0.3) is 0 Å². The van der Waals surface area contributed by atoms with E-state index in [9.17, 15) is 0 Å². The number of nitrogens with zero attached hydrogens (tertiary/aromatic N) is 2. The minimum Gasteiger partial charge on any atom is -0.380 e. The van der Waals surface area contributed by atoms with Crippen molar-refractivity contribution < 1.29 is 4.74 Å². The fourth-order valence-electron chi connectivity index (χ4n) is 1.86. The zero-order valence-corrected chi connectivity index (χ0v) is 12.0. The van der Waals surface area contributed by atoms with E-state index in [1.165, 1.54) is 12.1 Å². The Balaban J connectivity index is 2.35. The summed E-state index contributed by atoms with van der Waals surface area (Å²) in [5.41, 5.74) is 1.25. The molecule has 0 aromatic carbocycles. The minimum absolute atomic E-state index is 0.776. The number of nitrogens with one attached hydrogen (secondary N) is 1. The van der Waals surface area contributed by atoms with Crippen LogP contribution < -0.4 is 5.32 Å². The molecule has 0 saturated carbocycles. The molecule has 0 aliphatic heterocycles. The summed E-state index contributed by atoms with van der Waals surface area (Å²) in [6.07, 6.45) is 5.46. The molecule has 104 valence electrons. The van der Waals surface area contributed by atoms with E-state index in [1.807, 2.05) is 6.20 Å². The summed E-state index contributed by atoms with van der Waals surface area (Å²) >= 11 is 0. The zero-order valence-electron chi connectivity index (χ0n) is 12.0. The zero-order chi connectivity index (χ0) is 13.2. The van der Waals surface area contributed by atoms with Gasteiger partial charge < -0.3 is 14.6 Å². The molecule has 0 saturated heterocycles. The second-order valence-corrected chi connectivity index (χ2v) is 4.59. The Morgan fingerprint density at radius 2 is 2.11 bits per heavy atom. The molecule has 4 nitrogen and oxygen atoms in total. The SMILES string of the molecule is CCCCOCCn1c(CNCCC)cnc1C. The first-order valence-corrected chi connectivity index (χ1v) is 7.09. The van der Waals surface area contributed by atoms with Gasteiger partial charge in [0.2, 0.25) is 0 Å². The van der Waals surface area contributed by atoms with Crippen molar-refractivity contribution in [1.29, 1.82) is 0 Å². The summed E-state index contributed by atoms with van der Waals surface area (Å²) in [4.78, 5) is 4.38. The van der Waals surface area contributed by atoms with E-state index in [-0.39, 0.29) is 0 Å². The Morgan fingerprint density at radius 1 is 1.28 bits per heavy atom. The number of imidazole rings is 1. The van der Waals surface area contributed by atoms with Crippen LogP contribution in [0, 0.1) is 6.92 Å². The molecule has 0 aliphatic rings. The van der Waals surface area contributed by atoms with Crippen LogP contribution in [0.1, 0.15) is 44.6 Å². The highest BCUT2D eigenvalue weighted by molar-refractivity contribution is 5.04. The van der Waals surface area contributed by atoms with Crippen LogP contribution in [0.3, 0.4) is 0 Å². The van der Waals surface area contributed by atoms with E-state index >= 15 is 0 Å². The summed E-state index contributed by atoms with van der Waals surface area (Å²) in [6, 6.07) is 0. The number of aryl methyl sites for hydroxylation is 1. The molecule has 0 fully saturated rings. The van der Waals surface area contributed by atoms with Crippen molar-refractivity contribution in [2.45, 2.75) is 53.1 Å². The molecule has 0 bridgehead atoms. The van der Waals surface area contributed by atoms with E-state index in [2.05, 4.69) is 35.6 Å². The third kappa shape index (κ3) is 5.19. The van der Waals surface area contributed by atoms with Gasteiger partial charge in [0.1, 0.15) is 5.82 Å². The maximum Gasteiger partial charge on any atom is 0.105 e. The summed E-state index contributed by atoms with van der Waals surface area (Å²) < 4.78 is 7.86. The van der Waals surface area contributed by atoms with Crippen LogP contribution >= 0.6 is 0 Å². The third-order valence-electron chi connectivity index (χ3n) is 2.97. The average Bonchev–Trinajstić information content (AvgIpc) is 2.71. The van der Waals surface area contributed by atoms with E-state index in [0.29, 0.717) is 0 Å². The lowest BCUT2D eigenvalue weighted by molar-refractivity contribution is 0.122. The quantitative estimate of drug-likeness (QED) is 0.651. The maximum atomic E-state index is 5.61. The van der Waals surface area contributed by atoms with Crippen LogP contribution in [0.5, 0.6) is 0 Å². The largest absolute Gasteiger partial charge is 0.380 e. The minimum atomic E-state index is 0.776. The monoisotopic (exact) mass is 253 g/mol. The summed E-state index contributed by atoms with van der Waals surface area (Å²) in [7, 11) is 0. The van der Waals surface area contributed by atoms with E-state index in [1.54, 1.807) is 0 Å². The number of hydrogen-bond donors (Lipinski definition) is 1. The normalized spacial score (nSPS) is 11.1. The fraction of sp³-hybridized carbons (Fsp3) is 0.786. The van der Waals surface area contributed by atoms with Crippen LogP contribution in [0.2, 0.25) is 0 Å². The van der Waals surface area contributed by atoms with Crippen LogP contribution in [0.25, 0.3) is 0 Å². The summed E-state index contributed by atoms with van der Waals surface area (Å²) in [5, 5.41) is 3.41. The molecule has 4 heteroatoms. The molecular weight excluding hydrogens is 226 g/mol. The van der Waals surface area contributed by atoms with Crippen molar-refractivity contribution in [2.24, 2.45) is 0 Å². The summed E-state index contributed by atoms with van der Waals surface area (Å²) in [5.74, 6) is 1.07. The van der Waals surface area contributed by atoms with Crippen molar-refractivity contribution in [2.75, 3.05) is 19.8 Å². The first kappa shape index (κ1) is 15.2. The molecule has 0 aliphatic carbocycles. The molecular formula is C14H27N3O. The number of aromatic nitrogens is 2. The van der Waals surface area contributed by atoms with Crippen LogP contribution in [-0.2, 0) is 17.8 Å². The first-order chi connectivity index (χ1) is 8.79. The lowest BCUT2D eigenvalue weighted by Gasteiger charge is -2.11. The molecule has 0 spiro atoms. The third-order valence-corrected chi connectivity index (χ3v) is 2.97. The number of unbranched alkanes of at least 4 members (excludes halogenated alkanes) is 1. The molecule has 1 rings (SSSR count). The topological polar surface area (TPSA) is 39.1 Å². The predicted octanol–water partition coefficient (Wildman–Crippen LogP) is 2.51. The molecule has 1 aromatic heterocycles. The standard InChI is InChI=1S/C14H27N3O/c1-4-6-9-18-10-8-17-13(3)16-12-14(17)11-15-7-5-2/h12,15H,4-11H2,1-3H3. The Morgan fingerprint density at radius 3 is 2.83 bits per heavy atom. The predicted molar refractivity (Wildman–Crippen MR) is 74.7 cm³/mol. The van der Waals surface area contributed by atoms with Crippen molar-refractivity contribution in [3.63, 3.8) is 0 Å². The van der Waals surface area contributed by atoms with Crippen molar-refractivity contribution in [3.8, 4) is 0 Å². The van der Waals surface area contributed by atoms with Crippen LogP contribution in [-0.4, -0.2) is 29.3 Å². The highest BCUT2D eigenvalue weighted by atomic mass is 16.5. The molecule has 18 heavy (non-hydrogen) atoms. The van der Waals surface area contributed by atoms with Gasteiger partial charge in [-0.25, -0.2) is 4.98 Å². The average molecular weight is 253 g/mol. The van der Waals surface area contributed by atoms with Crippen LogP contribution in [0.4, 0.5) is 0 Å². The van der Waals surface area contributed by atoms with Gasteiger partial charge in [-0.2, -0.15) is 0 Å². The molecule has 1 N–H and O–H groups in total. The first-order valence-electron chi connectivity index (χ1n) is 7.09. The van der Waals surface area contributed by atoms with Crippen molar-refractivity contribution >= 4 is 0 Å². The lowest BCUT2D eigenvalue weighted by atomic mass is 10.4. The number of rotatable bonds is 10. The molecule has 0 radical (unpaired) electrons. The van der Waals surface area contributed by atoms with Gasteiger partial charge in [0.05, 0.1) is 12.3 Å². The highest BCUT2D eigenvalue weighted by Gasteiger charge is 2.05. The highest BCUT2D eigenvalue weighted by Crippen LogP contribution is 2.05. The van der Waals surface area contributed by atoms with Gasteiger partial charge in [-0.3, -0.25) is 0 Å². The second kappa shape index (κ2) is 9.11. The Bertz CT molecular complexity index is 323. The summed E-state index contributed by atoms with van der Waals surface area (Å²) in [6.45, 7) is 10.9. The second-order valence-electron chi connectivity index (χ2n) is 4.59. The van der Waals surface area contributed by atoms with E-state index in [0.717, 1.165) is 51.5 Å². The molecule has 1 aromatic rings. The molecule has 0 atom stereocenters. The Hall–Kier alpha value is -0.870. The van der Waals surface area contributed by atoms with Gasteiger partial charge in [-0.05, 0) is 26.3 Å². The van der Waals surface area contributed by atoms with Gasteiger partial charge in [-0.1, -0.05) is 20.3 Å². The van der Waals surface area contributed by atoms with Crippen molar-refractivity contribution in [1.82, 2.24) is 14.9 Å². The van der Waals surface area contributed by atoms with Gasteiger partial charge in [-0.15, -0.1) is 0 Å². The molecule has 1 heterocycles. The molecule has 0 unspecified atom stereocenters. The maximum absolute atomic E-state index is 5.61. The number of ether oxygens (including phenoxy) is 1. The van der Waals surface area contributed by atoms with E-state index < -0.39 is 0 Å². The van der Waals surface area contributed by atoms with Gasteiger partial charge in [0.15, 0.2) is 0 Å². The Kier molecular flexibility index (Phi) is 7.69. The molecule has 0 amide bonds. The Labute approximate surface area is 111 Å². The van der Waals surface area contributed by atoms with E-state index in [4.69, 9.17) is 4.74 Å². The lowest BCUT2D eigenvalue weighted by Crippen LogP contribution is -2.18. The van der Waals surface area contributed by atoms with Gasteiger partial charge >= 0.3 is 0 Å². The van der Waals surface area contributed by atoms with Crippen LogP contribution in [0.15, 0.2) is 6.20 Å².